The summed E-state index contributed by atoms with van der Waals surface area (Å²) in [6.07, 6.45) is 4.72. The molecule has 1 aromatic heterocycles. The number of nitrogens with one attached hydrogen (secondary N) is 1. The van der Waals surface area contributed by atoms with Gasteiger partial charge in [0.05, 0.1) is 22.2 Å². The van der Waals surface area contributed by atoms with Gasteiger partial charge in [-0.05, 0) is 24.5 Å². The van der Waals surface area contributed by atoms with E-state index in [-0.39, 0.29) is 5.82 Å². The van der Waals surface area contributed by atoms with Crippen LogP contribution >= 0.6 is 23.4 Å². The zero-order chi connectivity index (χ0) is 12.3. The van der Waals surface area contributed by atoms with Gasteiger partial charge < -0.3 is 9.73 Å². The Balaban J connectivity index is 2.13. The zero-order valence-electron chi connectivity index (χ0n) is 9.09. The van der Waals surface area contributed by atoms with Gasteiger partial charge in [-0.1, -0.05) is 11.6 Å². The standard InChI is InChI=1S/C12H10ClFNOS/c1-17-7-10-5-9(6-16-10)15-12-3-2-8(14)4-11(12)13/h2-5,15H,7H2,1H3. The fraction of sp³-hybridized carbons (Fsp3) is 0.167. The summed E-state index contributed by atoms with van der Waals surface area (Å²) in [5.74, 6) is 1.26. The Bertz CT molecular complexity index is 515. The molecule has 1 heterocycles. The first-order valence-electron chi connectivity index (χ1n) is 4.90. The van der Waals surface area contributed by atoms with Gasteiger partial charge in [-0.2, -0.15) is 11.8 Å². The van der Waals surface area contributed by atoms with Gasteiger partial charge in [-0.15, -0.1) is 0 Å². The summed E-state index contributed by atoms with van der Waals surface area (Å²) in [5.41, 5.74) is 1.31. The van der Waals surface area contributed by atoms with Crippen molar-refractivity contribution in [3.8, 4) is 0 Å². The van der Waals surface area contributed by atoms with Gasteiger partial charge >= 0.3 is 0 Å². The summed E-state index contributed by atoms with van der Waals surface area (Å²) in [6, 6.07) is 6.02. The van der Waals surface area contributed by atoms with E-state index in [9.17, 15) is 4.39 Å². The quantitative estimate of drug-likeness (QED) is 0.887. The molecule has 0 bridgehead atoms. The van der Waals surface area contributed by atoms with Crippen molar-refractivity contribution in [3.63, 3.8) is 0 Å². The van der Waals surface area contributed by atoms with Gasteiger partial charge in [0.15, 0.2) is 6.26 Å². The molecule has 0 aliphatic carbocycles. The van der Waals surface area contributed by atoms with E-state index in [0.717, 1.165) is 11.5 Å². The number of hydrogen-bond donors (Lipinski definition) is 1. The van der Waals surface area contributed by atoms with Crippen LogP contribution in [0.4, 0.5) is 15.8 Å². The Labute approximate surface area is 108 Å². The maximum Gasteiger partial charge on any atom is 0.195 e. The summed E-state index contributed by atoms with van der Waals surface area (Å²) in [6.45, 7) is 0. The molecule has 0 amide bonds. The van der Waals surface area contributed by atoms with Crippen LogP contribution in [0.15, 0.2) is 28.7 Å². The van der Waals surface area contributed by atoms with Crippen molar-refractivity contribution in [3.05, 3.63) is 47.1 Å². The molecule has 17 heavy (non-hydrogen) atoms. The predicted molar refractivity (Wildman–Crippen MR) is 69.5 cm³/mol. The van der Waals surface area contributed by atoms with Crippen LogP contribution in [0.5, 0.6) is 0 Å². The lowest BCUT2D eigenvalue weighted by Gasteiger charge is -2.04. The lowest BCUT2D eigenvalue weighted by atomic mass is 10.3. The van der Waals surface area contributed by atoms with Gasteiger partial charge in [0.1, 0.15) is 11.6 Å². The molecule has 0 unspecified atom stereocenters. The molecule has 2 aromatic rings. The molecule has 1 radical (unpaired) electrons. The molecule has 5 heteroatoms. The van der Waals surface area contributed by atoms with E-state index in [2.05, 4.69) is 11.6 Å². The molecule has 0 fully saturated rings. The van der Waals surface area contributed by atoms with E-state index < -0.39 is 0 Å². The third-order valence-corrected chi connectivity index (χ3v) is 2.97. The summed E-state index contributed by atoms with van der Waals surface area (Å²) in [7, 11) is 0. The number of furan rings is 1. The van der Waals surface area contributed by atoms with E-state index >= 15 is 0 Å². The topological polar surface area (TPSA) is 25.2 Å². The zero-order valence-corrected chi connectivity index (χ0v) is 10.7. The second-order valence-electron chi connectivity index (χ2n) is 3.41. The molecule has 0 atom stereocenters. The molecule has 0 aliphatic rings. The minimum atomic E-state index is -0.361. The molecule has 89 valence electrons. The molecule has 0 saturated carbocycles. The van der Waals surface area contributed by atoms with Crippen molar-refractivity contribution >= 4 is 34.7 Å². The van der Waals surface area contributed by atoms with E-state index in [1.165, 1.54) is 12.1 Å². The Kier molecular flexibility index (Phi) is 3.97. The van der Waals surface area contributed by atoms with Crippen LogP contribution in [0.1, 0.15) is 5.76 Å². The Hall–Kier alpha value is -1.13. The van der Waals surface area contributed by atoms with Crippen molar-refractivity contribution in [1.82, 2.24) is 0 Å². The lowest BCUT2D eigenvalue weighted by Crippen LogP contribution is -1.90. The molecule has 0 spiro atoms. The fourth-order valence-corrected chi connectivity index (χ4v) is 1.99. The van der Waals surface area contributed by atoms with Crippen LogP contribution in [0.2, 0.25) is 5.02 Å². The van der Waals surface area contributed by atoms with E-state index in [1.807, 2.05) is 12.3 Å². The van der Waals surface area contributed by atoms with Crippen molar-refractivity contribution in [2.75, 3.05) is 11.6 Å². The maximum atomic E-state index is 12.8. The Morgan fingerprint density at radius 2 is 2.29 bits per heavy atom. The lowest BCUT2D eigenvalue weighted by molar-refractivity contribution is 0.523. The highest BCUT2D eigenvalue weighted by Gasteiger charge is 2.06. The summed E-state index contributed by atoms with van der Waals surface area (Å²) in [5, 5.41) is 3.35. The normalized spacial score (nSPS) is 10.5. The molecular weight excluding hydrogens is 261 g/mol. The van der Waals surface area contributed by atoms with Crippen molar-refractivity contribution < 1.29 is 8.81 Å². The smallest absolute Gasteiger partial charge is 0.195 e. The van der Waals surface area contributed by atoms with Crippen LogP contribution in [-0.4, -0.2) is 6.26 Å². The number of hydrogen-bond acceptors (Lipinski definition) is 3. The van der Waals surface area contributed by atoms with Gasteiger partial charge in [-0.3, -0.25) is 0 Å². The van der Waals surface area contributed by atoms with Gasteiger partial charge in [0.25, 0.3) is 0 Å². The number of thioether (sulfide) groups is 1. The second kappa shape index (κ2) is 5.47. The van der Waals surface area contributed by atoms with Crippen LogP contribution in [0.3, 0.4) is 0 Å². The first kappa shape index (κ1) is 12.3. The molecule has 1 N–H and O–H groups in total. The molecule has 2 nitrogen and oxygen atoms in total. The average Bonchev–Trinajstić information content (AvgIpc) is 2.71. The molecule has 2 rings (SSSR count). The maximum absolute atomic E-state index is 12.8. The first-order chi connectivity index (χ1) is 8.19. The summed E-state index contributed by atoms with van der Waals surface area (Å²) >= 11 is 7.56. The number of benzene rings is 1. The second-order valence-corrected chi connectivity index (χ2v) is 4.68. The highest BCUT2D eigenvalue weighted by atomic mass is 35.5. The highest BCUT2D eigenvalue weighted by Crippen LogP contribution is 2.27. The molecule has 1 aromatic carbocycles. The van der Waals surface area contributed by atoms with Crippen LogP contribution < -0.4 is 5.32 Å². The van der Waals surface area contributed by atoms with E-state index in [0.29, 0.717) is 16.4 Å². The Morgan fingerprint density at radius 1 is 1.47 bits per heavy atom. The van der Waals surface area contributed by atoms with Crippen LogP contribution in [0.25, 0.3) is 0 Å². The largest absolute Gasteiger partial charge is 0.455 e. The first-order valence-corrected chi connectivity index (χ1v) is 6.67. The number of rotatable bonds is 4. The summed E-state index contributed by atoms with van der Waals surface area (Å²) < 4.78 is 18.1. The number of halogens is 2. The third kappa shape index (κ3) is 3.17. The van der Waals surface area contributed by atoms with E-state index in [1.54, 1.807) is 17.8 Å². The van der Waals surface area contributed by atoms with Crippen LogP contribution in [0, 0.1) is 12.1 Å². The van der Waals surface area contributed by atoms with Gasteiger partial charge in [-0.25, -0.2) is 4.39 Å². The van der Waals surface area contributed by atoms with Crippen molar-refractivity contribution in [2.45, 2.75) is 5.75 Å². The van der Waals surface area contributed by atoms with Crippen LogP contribution in [-0.2, 0) is 5.75 Å². The minimum absolute atomic E-state index is 0.325. The monoisotopic (exact) mass is 270 g/mol. The minimum Gasteiger partial charge on any atom is -0.455 e. The van der Waals surface area contributed by atoms with Crippen molar-refractivity contribution in [1.29, 1.82) is 0 Å². The highest BCUT2D eigenvalue weighted by molar-refractivity contribution is 7.97. The Morgan fingerprint density at radius 3 is 3.00 bits per heavy atom. The van der Waals surface area contributed by atoms with E-state index in [4.69, 9.17) is 16.0 Å². The van der Waals surface area contributed by atoms with Gasteiger partial charge in [0, 0.05) is 6.07 Å². The third-order valence-electron chi connectivity index (χ3n) is 2.08. The fourth-order valence-electron chi connectivity index (χ4n) is 1.35. The average molecular weight is 271 g/mol. The molecule has 0 aliphatic heterocycles. The molecular formula is C12H10ClFNOS. The SMILES string of the molecule is CSCc1cc(Nc2ccc(F)cc2Cl)[c]o1. The molecule has 0 saturated heterocycles. The number of anilines is 2. The summed E-state index contributed by atoms with van der Waals surface area (Å²) in [4.78, 5) is 0. The van der Waals surface area contributed by atoms with Crippen molar-refractivity contribution in [2.24, 2.45) is 0 Å². The van der Waals surface area contributed by atoms with Gasteiger partial charge in [0.2, 0.25) is 0 Å². The predicted octanol–water partition coefficient (Wildman–Crippen LogP) is 4.48.